The van der Waals surface area contributed by atoms with Crippen molar-refractivity contribution in [1.82, 2.24) is 10.5 Å². The first-order valence-corrected chi connectivity index (χ1v) is 13.7. The Morgan fingerprint density at radius 2 is 1.74 bits per heavy atom. The molecule has 226 valence electrons. The Labute approximate surface area is 250 Å². The number of aromatic nitrogens is 1. The summed E-state index contributed by atoms with van der Waals surface area (Å²) < 4.78 is 21.8. The van der Waals surface area contributed by atoms with Gasteiger partial charge in [-0.05, 0) is 51.5 Å². The van der Waals surface area contributed by atoms with E-state index in [-0.39, 0.29) is 30.1 Å². The van der Waals surface area contributed by atoms with Crippen molar-refractivity contribution in [1.29, 1.82) is 0 Å². The van der Waals surface area contributed by atoms with Gasteiger partial charge in [-0.1, -0.05) is 35.8 Å². The minimum absolute atomic E-state index is 0.200. The smallest absolute Gasteiger partial charge is 0.248 e. The first kappa shape index (κ1) is 32.3. The van der Waals surface area contributed by atoms with Crippen LogP contribution in [0.3, 0.4) is 0 Å². The quantitative estimate of drug-likeness (QED) is 0.264. The number of rotatable bonds is 13. The third-order valence-electron chi connectivity index (χ3n) is 6.71. The van der Waals surface area contributed by atoms with Gasteiger partial charge in [-0.25, -0.2) is 0 Å². The monoisotopic (exact) mass is 600 g/mol. The first-order chi connectivity index (χ1) is 19.9. The van der Waals surface area contributed by atoms with E-state index in [0.717, 1.165) is 0 Å². The fourth-order valence-corrected chi connectivity index (χ4v) is 4.42. The largest absolute Gasteiger partial charge is 0.495 e. The van der Waals surface area contributed by atoms with E-state index >= 15 is 0 Å². The molecule has 42 heavy (non-hydrogen) atoms. The zero-order valence-corrected chi connectivity index (χ0v) is 25.6. The molecule has 1 unspecified atom stereocenters. The zero-order chi connectivity index (χ0) is 31.0. The van der Waals surface area contributed by atoms with Crippen molar-refractivity contribution in [3.05, 3.63) is 58.8 Å². The van der Waals surface area contributed by atoms with Gasteiger partial charge in [-0.3, -0.25) is 19.3 Å². The molecule has 0 bridgehead atoms. The van der Waals surface area contributed by atoms with Gasteiger partial charge in [-0.2, -0.15) is 0 Å². The van der Waals surface area contributed by atoms with E-state index in [1.54, 1.807) is 43.3 Å². The fourth-order valence-electron chi connectivity index (χ4n) is 4.26. The SMILES string of the molecule is CCC(C)(C)NC(=O)C(c1cccc(OC)c1OC)N(C(=O)CCC(=O)Nc1cc(C)on1)c1cc(Cl)ccc1OC. The van der Waals surface area contributed by atoms with E-state index < -0.39 is 29.3 Å². The highest BCUT2D eigenvalue weighted by Crippen LogP contribution is 2.42. The number of methoxy groups -OCH3 is 3. The van der Waals surface area contributed by atoms with E-state index in [4.69, 9.17) is 30.3 Å². The number of carbonyl (C=O) groups is 3. The van der Waals surface area contributed by atoms with E-state index in [0.29, 0.717) is 34.3 Å². The van der Waals surface area contributed by atoms with Gasteiger partial charge >= 0.3 is 0 Å². The summed E-state index contributed by atoms with van der Waals surface area (Å²) >= 11 is 6.39. The molecule has 0 fully saturated rings. The molecule has 2 N–H and O–H groups in total. The molecule has 0 aliphatic carbocycles. The van der Waals surface area contributed by atoms with Crippen LogP contribution in [0.2, 0.25) is 5.02 Å². The van der Waals surface area contributed by atoms with Crippen LogP contribution in [0.4, 0.5) is 11.5 Å². The molecule has 3 amide bonds. The lowest BCUT2D eigenvalue weighted by Gasteiger charge is -2.36. The predicted molar refractivity (Wildman–Crippen MR) is 159 cm³/mol. The van der Waals surface area contributed by atoms with Crippen LogP contribution in [0.25, 0.3) is 0 Å². The Bertz CT molecular complexity index is 1420. The van der Waals surface area contributed by atoms with E-state index in [9.17, 15) is 14.4 Å². The molecule has 12 heteroatoms. The van der Waals surface area contributed by atoms with E-state index in [1.807, 2.05) is 20.8 Å². The summed E-state index contributed by atoms with van der Waals surface area (Å²) in [5, 5.41) is 9.73. The number of ether oxygens (including phenoxy) is 3. The number of para-hydroxylation sites is 1. The second-order valence-electron chi connectivity index (χ2n) is 10.2. The van der Waals surface area contributed by atoms with Gasteiger partial charge in [-0.15, -0.1) is 0 Å². The minimum Gasteiger partial charge on any atom is -0.495 e. The number of benzene rings is 2. The number of nitrogens with zero attached hydrogens (tertiary/aromatic N) is 2. The molecule has 0 spiro atoms. The van der Waals surface area contributed by atoms with Crippen molar-refractivity contribution in [2.45, 2.75) is 58.5 Å². The van der Waals surface area contributed by atoms with E-state index in [1.165, 1.54) is 32.3 Å². The molecule has 1 aromatic heterocycles. The molecular weight excluding hydrogens is 564 g/mol. The molecule has 0 radical (unpaired) electrons. The number of anilines is 2. The number of aryl methyl sites for hydroxylation is 1. The molecule has 0 saturated carbocycles. The molecule has 3 rings (SSSR count). The van der Waals surface area contributed by atoms with Crippen LogP contribution in [0.1, 0.15) is 57.4 Å². The predicted octanol–water partition coefficient (Wildman–Crippen LogP) is 5.46. The van der Waals surface area contributed by atoms with Crippen LogP contribution < -0.4 is 29.7 Å². The average molecular weight is 601 g/mol. The normalized spacial score (nSPS) is 11.8. The molecule has 3 aromatic rings. The van der Waals surface area contributed by atoms with E-state index in [2.05, 4.69) is 15.8 Å². The lowest BCUT2D eigenvalue weighted by molar-refractivity contribution is -0.128. The van der Waals surface area contributed by atoms with Gasteiger partial charge in [0.2, 0.25) is 17.7 Å². The highest BCUT2D eigenvalue weighted by atomic mass is 35.5. The Balaban J connectivity index is 2.15. The summed E-state index contributed by atoms with van der Waals surface area (Å²) in [5.41, 5.74) is -0.00880. The average Bonchev–Trinajstić information content (AvgIpc) is 3.37. The molecule has 1 atom stereocenters. The van der Waals surface area contributed by atoms with Crippen LogP contribution in [0.15, 0.2) is 47.0 Å². The Kier molecular flexibility index (Phi) is 10.8. The van der Waals surface area contributed by atoms with Crippen molar-refractivity contribution in [3.63, 3.8) is 0 Å². The number of carbonyl (C=O) groups excluding carboxylic acids is 3. The highest BCUT2D eigenvalue weighted by Gasteiger charge is 2.38. The van der Waals surface area contributed by atoms with Crippen LogP contribution in [0, 0.1) is 6.92 Å². The second-order valence-corrected chi connectivity index (χ2v) is 10.6. The molecule has 0 saturated heterocycles. The van der Waals surface area contributed by atoms with Gasteiger partial charge in [0.1, 0.15) is 17.6 Å². The summed E-state index contributed by atoms with van der Waals surface area (Å²) in [6, 6.07) is 10.1. The van der Waals surface area contributed by atoms with Crippen molar-refractivity contribution in [2.75, 3.05) is 31.5 Å². The standard InChI is InChI=1S/C30H37ClN4O7/c1-8-30(3,4)33-29(38)27(20-10-9-11-23(40-6)28(20)41-7)35(21-17-19(31)12-13-22(21)39-5)26(37)15-14-25(36)32-24-16-18(2)42-34-24/h9-13,16-17,27H,8,14-15H2,1-7H3,(H,33,38)(H,32,34,36). The van der Waals surface area contributed by atoms with Gasteiger partial charge in [0.05, 0.1) is 27.0 Å². The second kappa shape index (κ2) is 14.1. The highest BCUT2D eigenvalue weighted by molar-refractivity contribution is 6.31. The molecule has 1 heterocycles. The van der Waals surface area contributed by atoms with Crippen LogP contribution in [0.5, 0.6) is 17.2 Å². The number of nitrogens with one attached hydrogen (secondary N) is 2. The minimum atomic E-state index is -1.26. The lowest BCUT2D eigenvalue weighted by atomic mass is 9.97. The maximum absolute atomic E-state index is 14.2. The van der Waals surface area contributed by atoms with Crippen molar-refractivity contribution in [3.8, 4) is 17.2 Å². The lowest BCUT2D eigenvalue weighted by Crippen LogP contribution is -2.50. The summed E-state index contributed by atoms with van der Waals surface area (Å²) in [4.78, 5) is 42.4. The van der Waals surface area contributed by atoms with Crippen LogP contribution >= 0.6 is 11.6 Å². The number of hydrogen-bond donors (Lipinski definition) is 2. The first-order valence-electron chi connectivity index (χ1n) is 13.4. The number of hydrogen-bond acceptors (Lipinski definition) is 8. The summed E-state index contributed by atoms with van der Waals surface area (Å²) in [5.74, 6) is 0.219. The summed E-state index contributed by atoms with van der Waals surface area (Å²) in [6.07, 6.45) is 0.163. The van der Waals surface area contributed by atoms with Crippen molar-refractivity contribution >= 4 is 40.8 Å². The topological polar surface area (TPSA) is 132 Å². The Morgan fingerprint density at radius 1 is 1.02 bits per heavy atom. The fraction of sp³-hybridized carbons (Fsp3) is 0.400. The van der Waals surface area contributed by atoms with Crippen molar-refractivity contribution in [2.24, 2.45) is 0 Å². The van der Waals surface area contributed by atoms with Crippen LogP contribution in [-0.2, 0) is 14.4 Å². The third-order valence-corrected chi connectivity index (χ3v) is 6.95. The third kappa shape index (κ3) is 7.73. The Morgan fingerprint density at radius 3 is 2.33 bits per heavy atom. The molecule has 2 aromatic carbocycles. The maximum Gasteiger partial charge on any atom is 0.248 e. The van der Waals surface area contributed by atoms with Crippen LogP contribution in [-0.4, -0.2) is 49.7 Å². The maximum atomic E-state index is 14.2. The number of amides is 3. The van der Waals surface area contributed by atoms with Gasteiger partial charge in [0.15, 0.2) is 17.3 Å². The van der Waals surface area contributed by atoms with Crippen molar-refractivity contribution < 1.29 is 33.1 Å². The van der Waals surface area contributed by atoms with Gasteiger partial charge in [0, 0.05) is 35.0 Å². The van der Waals surface area contributed by atoms with Gasteiger partial charge < -0.3 is 29.4 Å². The van der Waals surface area contributed by atoms with Gasteiger partial charge in [0.25, 0.3) is 0 Å². The molecule has 0 aliphatic heterocycles. The zero-order valence-electron chi connectivity index (χ0n) is 24.9. The summed E-state index contributed by atoms with van der Waals surface area (Å²) in [6.45, 7) is 7.40. The number of halogens is 1. The molecule has 0 aliphatic rings. The summed E-state index contributed by atoms with van der Waals surface area (Å²) in [7, 11) is 4.38. The molecular formula is C30H37ClN4O7. The molecule has 11 nitrogen and oxygen atoms in total. The Hall–Kier alpha value is -4.25.